The van der Waals surface area contributed by atoms with Crippen molar-refractivity contribution in [3.05, 3.63) is 36.0 Å². The van der Waals surface area contributed by atoms with Crippen LogP contribution in [0.3, 0.4) is 0 Å². The van der Waals surface area contributed by atoms with Gasteiger partial charge in [0.05, 0.1) is 5.69 Å². The number of anilines is 1. The largest absolute Gasteiger partial charge is 0.482 e. The Morgan fingerprint density at radius 3 is 2.71 bits per heavy atom. The van der Waals surface area contributed by atoms with Gasteiger partial charge in [-0.05, 0) is 25.0 Å². The monoisotopic (exact) mass is 291 g/mol. The Kier molecular flexibility index (Phi) is 5.16. The van der Waals surface area contributed by atoms with Crippen LogP contribution in [-0.2, 0) is 11.3 Å². The number of nitrogen functional groups attached to an aromatic ring is 1. The Labute approximate surface area is 124 Å². The molecule has 21 heavy (non-hydrogen) atoms. The molecule has 0 amide bonds. The van der Waals surface area contributed by atoms with Crippen LogP contribution in [0.2, 0.25) is 0 Å². The summed E-state index contributed by atoms with van der Waals surface area (Å²) in [6, 6.07) is 7.28. The highest BCUT2D eigenvalue weighted by Crippen LogP contribution is 2.24. The zero-order chi connectivity index (χ0) is 15.2. The van der Waals surface area contributed by atoms with E-state index in [-0.39, 0.29) is 18.6 Å². The summed E-state index contributed by atoms with van der Waals surface area (Å²) in [4.78, 5) is 4.33. The fraction of sp³-hybridized carbons (Fsp3) is 0.467. The van der Waals surface area contributed by atoms with Crippen molar-refractivity contribution in [2.75, 3.05) is 12.3 Å². The number of rotatable bonds is 7. The molecule has 2 aromatic rings. The molecular formula is C15H21N3O3. The second-order valence-corrected chi connectivity index (χ2v) is 4.99. The number of nitrogens with two attached hydrogens (primary N) is 1. The Hall–Kier alpha value is -2.08. The Morgan fingerprint density at radius 2 is 2.05 bits per heavy atom. The first-order valence-corrected chi connectivity index (χ1v) is 7.03. The molecule has 0 aliphatic heterocycles. The van der Waals surface area contributed by atoms with Crippen LogP contribution in [0.25, 0.3) is 0 Å². The lowest BCUT2D eigenvalue weighted by molar-refractivity contribution is 0.0217. The van der Waals surface area contributed by atoms with Crippen LogP contribution >= 0.6 is 0 Å². The van der Waals surface area contributed by atoms with Crippen molar-refractivity contribution in [3.8, 4) is 5.75 Å². The highest BCUT2D eigenvalue weighted by atomic mass is 16.5. The van der Waals surface area contributed by atoms with Crippen LogP contribution in [0.5, 0.6) is 5.75 Å². The van der Waals surface area contributed by atoms with Crippen molar-refractivity contribution >= 4 is 5.69 Å². The minimum atomic E-state index is -0.172. The predicted octanol–water partition coefficient (Wildman–Crippen LogP) is 2.96. The first kappa shape index (κ1) is 15.3. The van der Waals surface area contributed by atoms with Gasteiger partial charge < -0.3 is 19.7 Å². The third-order valence-electron chi connectivity index (χ3n) is 2.96. The molecule has 6 heteroatoms. The van der Waals surface area contributed by atoms with Gasteiger partial charge in [0.15, 0.2) is 6.61 Å². The van der Waals surface area contributed by atoms with Crippen molar-refractivity contribution in [3.63, 3.8) is 0 Å². The fourth-order valence-electron chi connectivity index (χ4n) is 1.94. The summed E-state index contributed by atoms with van der Waals surface area (Å²) in [5.74, 6) is 1.81. The quantitative estimate of drug-likeness (QED) is 0.790. The van der Waals surface area contributed by atoms with Gasteiger partial charge in [-0.3, -0.25) is 0 Å². The number of benzene rings is 1. The van der Waals surface area contributed by atoms with Crippen molar-refractivity contribution in [2.45, 2.75) is 33.5 Å². The Bertz CT molecular complexity index is 569. The van der Waals surface area contributed by atoms with Gasteiger partial charge in [0.2, 0.25) is 5.82 Å². The average molecular weight is 291 g/mol. The summed E-state index contributed by atoms with van der Waals surface area (Å²) in [5.41, 5.74) is 6.38. The highest BCUT2D eigenvalue weighted by Gasteiger charge is 2.22. The van der Waals surface area contributed by atoms with E-state index < -0.39 is 0 Å². The molecule has 0 bridgehead atoms. The molecule has 0 spiro atoms. The maximum Gasteiger partial charge on any atom is 0.264 e. The predicted molar refractivity (Wildman–Crippen MR) is 78.7 cm³/mol. The molecule has 1 heterocycles. The lowest BCUT2D eigenvalue weighted by Crippen LogP contribution is -2.13. The Morgan fingerprint density at radius 1 is 1.29 bits per heavy atom. The van der Waals surface area contributed by atoms with Crippen LogP contribution in [0.15, 0.2) is 28.8 Å². The summed E-state index contributed by atoms with van der Waals surface area (Å²) in [7, 11) is 0. The molecule has 1 atom stereocenters. The molecule has 1 unspecified atom stereocenters. The standard InChI is InChI=1S/C15H21N3O3/c1-4-19-14(10(2)3)15-17-13(21-18-15)9-20-12-8-6-5-7-11(12)16/h5-8,10,14H,4,9,16H2,1-3H3. The van der Waals surface area contributed by atoms with Crippen LogP contribution < -0.4 is 10.5 Å². The number of ether oxygens (including phenoxy) is 2. The van der Waals surface area contributed by atoms with Gasteiger partial charge in [0.1, 0.15) is 11.9 Å². The zero-order valence-corrected chi connectivity index (χ0v) is 12.6. The molecule has 114 valence electrons. The SMILES string of the molecule is CCOC(c1noc(COc2ccccc2N)n1)C(C)C. The molecule has 6 nitrogen and oxygen atoms in total. The normalized spacial score (nSPS) is 12.6. The van der Waals surface area contributed by atoms with E-state index in [0.717, 1.165) is 0 Å². The third-order valence-corrected chi connectivity index (χ3v) is 2.96. The second kappa shape index (κ2) is 7.08. The maximum atomic E-state index is 5.81. The van der Waals surface area contributed by atoms with E-state index in [9.17, 15) is 0 Å². The number of aromatic nitrogens is 2. The average Bonchev–Trinajstić information content (AvgIpc) is 2.92. The van der Waals surface area contributed by atoms with Crippen molar-refractivity contribution in [1.82, 2.24) is 10.1 Å². The summed E-state index contributed by atoms with van der Waals surface area (Å²) in [6.07, 6.45) is -0.172. The molecular weight excluding hydrogens is 270 g/mol. The lowest BCUT2D eigenvalue weighted by atomic mass is 10.1. The van der Waals surface area contributed by atoms with E-state index in [4.69, 9.17) is 19.7 Å². The van der Waals surface area contributed by atoms with Crippen molar-refractivity contribution < 1.29 is 14.0 Å². The lowest BCUT2D eigenvalue weighted by Gasteiger charge is -2.16. The van der Waals surface area contributed by atoms with E-state index in [1.54, 1.807) is 12.1 Å². The summed E-state index contributed by atoms with van der Waals surface area (Å²) < 4.78 is 16.4. The summed E-state index contributed by atoms with van der Waals surface area (Å²) in [6.45, 7) is 6.83. The smallest absolute Gasteiger partial charge is 0.264 e. The highest BCUT2D eigenvalue weighted by molar-refractivity contribution is 5.51. The first-order chi connectivity index (χ1) is 10.1. The second-order valence-electron chi connectivity index (χ2n) is 4.99. The van der Waals surface area contributed by atoms with E-state index >= 15 is 0 Å². The third kappa shape index (κ3) is 3.95. The number of nitrogens with zero attached hydrogens (tertiary/aromatic N) is 2. The number of hydrogen-bond donors (Lipinski definition) is 1. The number of hydrogen-bond acceptors (Lipinski definition) is 6. The van der Waals surface area contributed by atoms with E-state index in [1.807, 2.05) is 19.1 Å². The molecule has 1 aromatic heterocycles. The van der Waals surface area contributed by atoms with Gasteiger partial charge in [-0.2, -0.15) is 4.98 Å². The first-order valence-electron chi connectivity index (χ1n) is 7.03. The molecule has 1 aromatic carbocycles. The van der Waals surface area contributed by atoms with Gasteiger partial charge in [-0.1, -0.05) is 31.1 Å². The van der Waals surface area contributed by atoms with Gasteiger partial charge >= 0.3 is 0 Å². The van der Waals surface area contributed by atoms with Gasteiger partial charge in [-0.15, -0.1) is 0 Å². The molecule has 0 saturated carbocycles. The van der Waals surface area contributed by atoms with Crippen molar-refractivity contribution in [2.24, 2.45) is 5.92 Å². The molecule has 0 aliphatic carbocycles. The zero-order valence-electron chi connectivity index (χ0n) is 12.6. The minimum absolute atomic E-state index is 0.172. The van der Waals surface area contributed by atoms with E-state index in [0.29, 0.717) is 29.8 Å². The molecule has 0 aliphatic rings. The van der Waals surface area contributed by atoms with Gasteiger partial charge in [0, 0.05) is 6.61 Å². The number of para-hydroxylation sites is 2. The van der Waals surface area contributed by atoms with Crippen LogP contribution in [0.1, 0.15) is 38.6 Å². The summed E-state index contributed by atoms with van der Waals surface area (Å²) >= 11 is 0. The topological polar surface area (TPSA) is 83.4 Å². The maximum absolute atomic E-state index is 5.81. The van der Waals surface area contributed by atoms with Crippen LogP contribution in [-0.4, -0.2) is 16.7 Å². The molecule has 0 radical (unpaired) electrons. The minimum Gasteiger partial charge on any atom is -0.482 e. The molecule has 2 rings (SSSR count). The molecule has 2 N–H and O–H groups in total. The van der Waals surface area contributed by atoms with Gasteiger partial charge in [-0.25, -0.2) is 0 Å². The van der Waals surface area contributed by atoms with E-state index in [2.05, 4.69) is 24.0 Å². The summed E-state index contributed by atoms with van der Waals surface area (Å²) in [5, 5.41) is 3.97. The Balaban J connectivity index is 2.01. The van der Waals surface area contributed by atoms with Crippen LogP contribution in [0, 0.1) is 5.92 Å². The fourth-order valence-corrected chi connectivity index (χ4v) is 1.94. The molecule has 0 saturated heterocycles. The van der Waals surface area contributed by atoms with Crippen LogP contribution in [0.4, 0.5) is 5.69 Å². The molecule has 0 fully saturated rings. The van der Waals surface area contributed by atoms with Gasteiger partial charge in [0.25, 0.3) is 5.89 Å². The van der Waals surface area contributed by atoms with E-state index in [1.165, 1.54) is 0 Å². The van der Waals surface area contributed by atoms with Crippen molar-refractivity contribution in [1.29, 1.82) is 0 Å².